The molecule has 2 aromatic carbocycles. The summed E-state index contributed by atoms with van der Waals surface area (Å²) in [5.41, 5.74) is 3.95. The molecule has 5 rings (SSSR count). The van der Waals surface area contributed by atoms with Gasteiger partial charge in [-0.05, 0) is 48.6 Å². The van der Waals surface area contributed by atoms with E-state index in [1.54, 1.807) is 16.9 Å². The Morgan fingerprint density at radius 3 is 2.38 bits per heavy atom. The number of anilines is 1. The molecule has 0 aliphatic carbocycles. The lowest BCUT2D eigenvalue weighted by Crippen LogP contribution is -2.53. The molecule has 3 heterocycles. The van der Waals surface area contributed by atoms with E-state index in [1.165, 1.54) is 24.1 Å². The van der Waals surface area contributed by atoms with E-state index in [4.69, 9.17) is 9.72 Å². The summed E-state index contributed by atoms with van der Waals surface area (Å²) in [6, 6.07) is 13.4. The summed E-state index contributed by atoms with van der Waals surface area (Å²) >= 11 is 1.36. The van der Waals surface area contributed by atoms with E-state index < -0.39 is 11.7 Å². The van der Waals surface area contributed by atoms with Crippen LogP contribution < -0.4 is 9.46 Å². The highest BCUT2D eigenvalue weighted by atomic mass is 32.2. The quantitative estimate of drug-likeness (QED) is 0.231. The summed E-state index contributed by atoms with van der Waals surface area (Å²) in [5, 5.41) is 4.18. The van der Waals surface area contributed by atoms with Crippen molar-refractivity contribution in [3.63, 3.8) is 0 Å². The molecule has 0 atom stereocenters. The number of halogens is 3. The van der Waals surface area contributed by atoms with Gasteiger partial charge in [-0.2, -0.15) is 23.3 Å². The van der Waals surface area contributed by atoms with E-state index in [0.29, 0.717) is 37.0 Å². The minimum atomic E-state index is -4.35. The Kier molecular flexibility index (Phi) is 9.36. The van der Waals surface area contributed by atoms with Crippen molar-refractivity contribution in [1.82, 2.24) is 24.6 Å². The van der Waals surface area contributed by atoms with Crippen molar-refractivity contribution in [3.05, 3.63) is 83.2 Å². The number of benzene rings is 2. The molecule has 0 unspecified atom stereocenters. The Morgan fingerprint density at radius 1 is 1.02 bits per heavy atom. The molecule has 0 saturated carbocycles. The molecule has 212 valence electrons. The van der Waals surface area contributed by atoms with Gasteiger partial charge in [-0.3, -0.25) is 14.3 Å². The minimum Gasteiger partial charge on any atom is -0.471 e. The van der Waals surface area contributed by atoms with Crippen LogP contribution in [0.3, 0.4) is 0 Å². The molecule has 4 aromatic rings. The van der Waals surface area contributed by atoms with Crippen LogP contribution in [0.25, 0.3) is 11.3 Å². The minimum absolute atomic E-state index is 0.125. The molecular formula is C29H33F3N6OS. The Hall–Kier alpha value is -3.57. The lowest BCUT2D eigenvalue weighted by molar-refractivity contribution is -0.137. The predicted octanol–water partition coefficient (Wildman–Crippen LogP) is 6.92. The SMILES string of the molecule is CC.Cc1cccc(C)c1-c1cc(OC2CN(Cc3cccc(C(F)(F)F)c3)C2)nc(NSc2cnn(C)c2)n1. The average molecular weight is 571 g/mol. The van der Waals surface area contributed by atoms with E-state index in [2.05, 4.69) is 14.8 Å². The second-order valence-electron chi connectivity index (χ2n) is 9.37. The summed E-state index contributed by atoms with van der Waals surface area (Å²) in [5.74, 6) is 0.852. The molecule has 1 saturated heterocycles. The Balaban J connectivity index is 0.00000181. The third kappa shape index (κ3) is 7.33. The zero-order chi connectivity index (χ0) is 28.9. The largest absolute Gasteiger partial charge is 0.471 e. The number of rotatable bonds is 8. The fourth-order valence-electron chi connectivity index (χ4n) is 4.43. The molecule has 11 heteroatoms. The van der Waals surface area contributed by atoms with E-state index in [1.807, 2.05) is 70.1 Å². The Morgan fingerprint density at radius 2 is 1.73 bits per heavy atom. The molecule has 40 heavy (non-hydrogen) atoms. The van der Waals surface area contributed by atoms with Crippen molar-refractivity contribution < 1.29 is 17.9 Å². The normalized spacial score (nSPS) is 13.8. The lowest BCUT2D eigenvalue weighted by Gasteiger charge is -2.38. The van der Waals surface area contributed by atoms with Crippen LogP contribution in [-0.2, 0) is 19.8 Å². The number of ether oxygens (including phenoxy) is 1. The Labute approximate surface area is 236 Å². The van der Waals surface area contributed by atoms with Gasteiger partial charge in [0.05, 0.1) is 22.3 Å². The number of nitrogens with one attached hydrogen (secondary N) is 1. The second-order valence-corrected chi connectivity index (χ2v) is 10.2. The van der Waals surface area contributed by atoms with Crippen LogP contribution in [-0.4, -0.2) is 43.8 Å². The standard InChI is InChI=1S/C27H27F3N6OS.C2H6/c1-17-6-4-7-18(2)25(17)23-11-24(33-26(32-23)34-38-22-12-31-35(3)16-22)37-21-14-36(15-21)13-19-8-5-9-20(10-19)27(28,29)30;1-2/h4-12,16,21H,13-15H2,1-3H3,(H,32,33,34);1-2H3. The van der Waals surface area contributed by atoms with Gasteiger partial charge < -0.3 is 4.74 Å². The summed E-state index contributed by atoms with van der Waals surface area (Å²) < 4.78 is 50.2. The summed E-state index contributed by atoms with van der Waals surface area (Å²) in [7, 11) is 1.85. The zero-order valence-electron chi connectivity index (χ0n) is 23.2. The van der Waals surface area contributed by atoms with E-state index >= 15 is 0 Å². The average Bonchev–Trinajstić information content (AvgIpc) is 3.32. The van der Waals surface area contributed by atoms with E-state index in [-0.39, 0.29) is 6.10 Å². The van der Waals surface area contributed by atoms with Crippen LogP contribution in [0.4, 0.5) is 19.1 Å². The highest BCUT2D eigenvalue weighted by Crippen LogP contribution is 2.32. The van der Waals surface area contributed by atoms with Crippen LogP contribution in [0, 0.1) is 13.8 Å². The number of likely N-dealkylation sites (tertiary alicyclic amines) is 1. The topological polar surface area (TPSA) is 68.1 Å². The first-order valence-electron chi connectivity index (χ1n) is 13.1. The van der Waals surface area contributed by atoms with Gasteiger partial charge in [0.2, 0.25) is 11.8 Å². The first-order chi connectivity index (χ1) is 19.1. The first kappa shape index (κ1) is 29.4. The van der Waals surface area contributed by atoms with Gasteiger partial charge in [-0.1, -0.05) is 50.2 Å². The second kappa shape index (κ2) is 12.7. The molecular weight excluding hydrogens is 537 g/mol. The molecule has 0 radical (unpaired) electrons. The van der Waals surface area contributed by atoms with Crippen molar-refractivity contribution >= 4 is 17.9 Å². The third-order valence-corrected chi connectivity index (χ3v) is 6.98. The van der Waals surface area contributed by atoms with Crippen LogP contribution in [0.2, 0.25) is 0 Å². The molecule has 0 spiro atoms. The van der Waals surface area contributed by atoms with Gasteiger partial charge in [0.25, 0.3) is 0 Å². The number of hydrogen-bond donors (Lipinski definition) is 1. The number of alkyl halides is 3. The molecule has 1 N–H and O–H groups in total. The Bertz CT molecular complexity index is 1420. The number of aromatic nitrogens is 4. The number of nitrogens with zero attached hydrogens (tertiary/aromatic N) is 5. The van der Waals surface area contributed by atoms with E-state index in [0.717, 1.165) is 33.3 Å². The first-order valence-corrected chi connectivity index (χ1v) is 13.9. The lowest BCUT2D eigenvalue weighted by atomic mass is 10.00. The number of hydrogen-bond acceptors (Lipinski definition) is 7. The van der Waals surface area contributed by atoms with Gasteiger partial charge in [0.1, 0.15) is 6.10 Å². The van der Waals surface area contributed by atoms with Gasteiger partial charge in [-0.25, -0.2) is 4.98 Å². The predicted molar refractivity (Wildman–Crippen MR) is 152 cm³/mol. The summed E-state index contributed by atoms with van der Waals surface area (Å²) in [6.45, 7) is 9.69. The van der Waals surface area contributed by atoms with Crippen LogP contribution in [0.5, 0.6) is 5.88 Å². The van der Waals surface area contributed by atoms with Crippen LogP contribution in [0.1, 0.15) is 36.1 Å². The monoisotopic (exact) mass is 570 g/mol. The van der Waals surface area contributed by atoms with E-state index in [9.17, 15) is 13.2 Å². The number of aryl methyl sites for hydroxylation is 3. The molecule has 1 aliphatic rings. The zero-order valence-corrected chi connectivity index (χ0v) is 24.0. The van der Waals surface area contributed by atoms with Crippen molar-refractivity contribution in [2.75, 3.05) is 17.8 Å². The molecule has 0 bridgehead atoms. The molecule has 1 fully saturated rings. The van der Waals surface area contributed by atoms with Crippen LogP contribution >= 0.6 is 11.9 Å². The highest BCUT2D eigenvalue weighted by molar-refractivity contribution is 8.00. The van der Waals surface area contributed by atoms with Gasteiger partial charge >= 0.3 is 6.18 Å². The maximum absolute atomic E-state index is 13.0. The van der Waals surface area contributed by atoms with Gasteiger partial charge in [0.15, 0.2) is 0 Å². The van der Waals surface area contributed by atoms with Crippen molar-refractivity contribution in [2.24, 2.45) is 7.05 Å². The summed E-state index contributed by atoms with van der Waals surface area (Å²) in [6.07, 6.45) is -0.840. The van der Waals surface area contributed by atoms with Crippen molar-refractivity contribution in [2.45, 2.75) is 51.4 Å². The highest BCUT2D eigenvalue weighted by Gasteiger charge is 2.32. The van der Waals surface area contributed by atoms with Crippen molar-refractivity contribution in [1.29, 1.82) is 0 Å². The summed E-state index contributed by atoms with van der Waals surface area (Å²) in [4.78, 5) is 12.3. The molecule has 7 nitrogen and oxygen atoms in total. The molecule has 0 amide bonds. The molecule has 1 aliphatic heterocycles. The maximum Gasteiger partial charge on any atom is 0.416 e. The smallest absolute Gasteiger partial charge is 0.416 e. The van der Waals surface area contributed by atoms with Gasteiger partial charge in [0, 0.05) is 44.5 Å². The van der Waals surface area contributed by atoms with Gasteiger partial charge in [-0.15, -0.1) is 0 Å². The maximum atomic E-state index is 13.0. The third-order valence-electron chi connectivity index (χ3n) is 6.25. The fourth-order valence-corrected chi connectivity index (χ4v) is 5.04. The fraction of sp³-hybridized carbons (Fsp3) is 0.345. The van der Waals surface area contributed by atoms with Crippen molar-refractivity contribution in [3.8, 4) is 17.1 Å². The van der Waals surface area contributed by atoms with Crippen LogP contribution in [0.15, 0.2) is 65.8 Å². The molecule has 2 aromatic heterocycles.